The molecule has 0 unspecified atom stereocenters. The molecule has 5 nitrogen and oxygen atoms in total. The molecule has 1 aromatic carbocycles. The van der Waals surface area contributed by atoms with Gasteiger partial charge in [0.05, 0.1) is 11.6 Å². The van der Waals surface area contributed by atoms with Crippen molar-refractivity contribution in [3.8, 4) is 17.7 Å². The fourth-order valence-electron chi connectivity index (χ4n) is 1.47. The zero-order chi connectivity index (χ0) is 13.8. The van der Waals surface area contributed by atoms with Gasteiger partial charge in [0.25, 0.3) is 0 Å². The molecule has 0 spiro atoms. The first-order valence-electron chi connectivity index (χ1n) is 5.53. The van der Waals surface area contributed by atoms with Crippen molar-refractivity contribution in [2.75, 3.05) is 12.4 Å². The molecule has 96 valence electrons. The Morgan fingerprint density at radius 2 is 2.11 bits per heavy atom. The summed E-state index contributed by atoms with van der Waals surface area (Å²) in [7, 11) is 1.68. The number of nitrogens with zero attached hydrogens (tertiary/aromatic N) is 3. The lowest BCUT2D eigenvalue weighted by atomic mass is 10.2. The van der Waals surface area contributed by atoms with Gasteiger partial charge >= 0.3 is 0 Å². The lowest BCUT2D eigenvalue weighted by Gasteiger charge is -2.08. The number of hydrogen-bond acceptors (Lipinski definition) is 5. The van der Waals surface area contributed by atoms with Crippen molar-refractivity contribution in [1.82, 2.24) is 9.97 Å². The molecular weight excluding hydrogens is 247 g/mol. The normalized spacial score (nSPS) is 9.79. The second-order valence-electron chi connectivity index (χ2n) is 3.78. The molecule has 2 aromatic rings. The van der Waals surface area contributed by atoms with Gasteiger partial charge in [-0.15, -0.1) is 0 Å². The quantitative estimate of drug-likeness (QED) is 0.916. The fourth-order valence-corrected chi connectivity index (χ4v) is 1.47. The lowest BCUT2D eigenvalue weighted by Crippen LogP contribution is -2.00. The van der Waals surface area contributed by atoms with Crippen LogP contribution in [0.5, 0.6) is 11.6 Å². The molecule has 0 aliphatic carbocycles. The number of hydrogen-bond donors (Lipinski definition) is 1. The Morgan fingerprint density at radius 3 is 2.74 bits per heavy atom. The van der Waals surface area contributed by atoms with E-state index >= 15 is 0 Å². The smallest absolute Gasteiger partial charge is 0.225 e. The van der Waals surface area contributed by atoms with E-state index in [1.807, 2.05) is 6.07 Å². The molecular formula is C13H11FN4O. The van der Waals surface area contributed by atoms with Crippen molar-refractivity contribution < 1.29 is 9.13 Å². The highest BCUT2D eigenvalue weighted by Gasteiger charge is 2.08. The molecule has 2 rings (SSSR count). The monoisotopic (exact) mass is 258 g/mol. The van der Waals surface area contributed by atoms with E-state index in [1.165, 1.54) is 12.1 Å². The van der Waals surface area contributed by atoms with Crippen LogP contribution in [0.3, 0.4) is 0 Å². The van der Waals surface area contributed by atoms with Crippen molar-refractivity contribution >= 4 is 5.95 Å². The highest BCUT2D eigenvalue weighted by atomic mass is 19.1. The highest BCUT2D eigenvalue weighted by Crippen LogP contribution is 2.24. The summed E-state index contributed by atoms with van der Waals surface area (Å²) in [6.07, 6.45) is 0. The van der Waals surface area contributed by atoms with Crippen LogP contribution >= 0.6 is 0 Å². The van der Waals surface area contributed by atoms with Crippen LogP contribution in [0.4, 0.5) is 10.3 Å². The van der Waals surface area contributed by atoms with Crippen molar-refractivity contribution in [3.63, 3.8) is 0 Å². The van der Waals surface area contributed by atoms with Crippen LogP contribution < -0.4 is 10.1 Å². The molecule has 0 saturated carbocycles. The minimum absolute atomic E-state index is 0.0131. The summed E-state index contributed by atoms with van der Waals surface area (Å²) in [5.41, 5.74) is 0.933. The van der Waals surface area contributed by atoms with Crippen molar-refractivity contribution in [2.45, 2.75) is 6.92 Å². The average molecular weight is 258 g/mol. The minimum Gasteiger partial charge on any atom is -0.436 e. The van der Waals surface area contributed by atoms with Crippen molar-refractivity contribution in [1.29, 1.82) is 5.26 Å². The molecule has 0 bridgehead atoms. The third kappa shape index (κ3) is 2.96. The molecule has 0 atom stereocenters. The first-order valence-corrected chi connectivity index (χ1v) is 5.53. The number of ether oxygens (including phenoxy) is 1. The van der Waals surface area contributed by atoms with E-state index < -0.39 is 5.82 Å². The van der Waals surface area contributed by atoms with Gasteiger partial charge in [0.1, 0.15) is 0 Å². The predicted molar refractivity (Wildman–Crippen MR) is 67.5 cm³/mol. The first kappa shape index (κ1) is 12.8. The second-order valence-corrected chi connectivity index (χ2v) is 3.78. The maximum atomic E-state index is 13.7. The van der Waals surface area contributed by atoms with E-state index in [1.54, 1.807) is 20.0 Å². The lowest BCUT2D eigenvalue weighted by molar-refractivity contribution is 0.426. The number of anilines is 1. The Bertz CT molecular complexity index is 652. The molecule has 1 aromatic heterocycles. The zero-order valence-corrected chi connectivity index (χ0v) is 10.4. The third-order valence-electron chi connectivity index (χ3n) is 2.33. The molecule has 1 N–H and O–H groups in total. The Balaban J connectivity index is 2.31. The molecule has 0 aliphatic heterocycles. The van der Waals surface area contributed by atoms with E-state index in [9.17, 15) is 4.39 Å². The number of aromatic nitrogens is 2. The second kappa shape index (κ2) is 5.31. The summed E-state index contributed by atoms with van der Waals surface area (Å²) in [6, 6.07) is 7.44. The van der Waals surface area contributed by atoms with Crippen LogP contribution in [0.1, 0.15) is 11.3 Å². The summed E-state index contributed by atoms with van der Waals surface area (Å²) >= 11 is 0. The number of benzene rings is 1. The van der Waals surface area contributed by atoms with Gasteiger partial charge in [-0.05, 0) is 25.1 Å². The van der Waals surface area contributed by atoms with Gasteiger partial charge in [0, 0.05) is 18.8 Å². The van der Waals surface area contributed by atoms with E-state index in [4.69, 9.17) is 10.00 Å². The summed E-state index contributed by atoms with van der Waals surface area (Å²) in [4.78, 5) is 8.16. The number of nitrogens with one attached hydrogen (secondary N) is 1. The zero-order valence-electron chi connectivity index (χ0n) is 10.4. The molecule has 0 saturated heterocycles. The van der Waals surface area contributed by atoms with E-state index in [2.05, 4.69) is 15.3 Å². The van der Waals surface area contributed by atoms with Gasteiger partial charge in [-0.1, -0.05) is 0 Å². The van der Waals surface area contributed by atoms with Gasteiger partial charge in [0.15, 0.2) is 11.6 Å². The van der Waals surface area contributed by atoms with Crippen LogP contribution in [0.2, 0.25) is 0 Å². The average Bonchev–Trinajstić information content (AvgIpc) is 2.40. The van der Waals surface area contributed by atoms with E-state index in [0.717, 1.165) is 6.07 Å². The first-order chi connectivity index (χ1) is 9.12. The van der Waals surface area contributed by atoms with Crippen molar-refractivity contribution in [3.05, 3.63) is 41.3 Å². The van der Waals surface area contributed by atoms with Crippen LogP contribution in [-0.4, -0.2) is 17.0 Å². The SMILES string of the molecule is CNc1nc(C)cc(Oc2ccc(C#N)cc2F)n1. The Hall–Kier alpha value is -2.68. The van der Waals surface area contributed by atoms with Crippen LogP contribution in [-0.2, 0) is 0 Å². The van der Waals surface area contributed by atoms with Crippen LogP contribution in [0.15, 0.2) is 24.3 Å². The summed E-state index contributed by atoms with van der Waals surface area (Å²) < 4.78 is 19.0. The van der Waals surface area contributed by atoms with Crippen LogP contribution in [0.25, 0.3) is 0 Å². The van der Waals surface area contributed by atoms with Gasteiger partial charge in [-0.2, -0.15) is 10.2 Å². The standard InChI is InChI=1S/C13H11FN4O/c1-8-5-12(18-13(16-2)17-8)19-11-4-3-9(7-15)6-10(11)14/h3-6H,1-2H3,(H,16,17,18). The molecule has 0 amide bonds. The maximum absolute atomic E-state index is 13.7. The topological polar surface area (TPSA) is 70.8 Å². The Labute approximate surface area is 109 Å². The number of nitriles is 1. The Morgan fingerprint density at radius 1 is 1.32 bits per heavy atom. The molecule has 0 aliphatic rings. The summed E-state index contributed by atoms with van der Waals surface area (Å²) in [5.74, 6) is 0.0324. The Kier molecular flexibility index (Phi) is 3.57. The van der Waals surface area contributed by atoms with E-state index in [-0.39, 0.29) is 17.2 Å². The van der Waals surface area contributed by atoms with Gasteiger partial charge in [-0.3, -0.25) is 0 Å². The summed E-state index contributed by atoms with van der Waals surface area (Å²) in [6.45, 7) is 1.78. The maximum Gasteiger partial charge on any atom is 0.225 e. The van der Waals surface area contributed by atoms with Crippen molar-refractivity contribution in [2.24, 2.45) is 0 Å². The highest BCUT2D eigenvalue weighted by molar-refractivity contribution is 5.38. The predicted octanol–water partition coefficient (Wildman–Crippen LogP) is 2.63. The largest absolute Gasteiger partial charge is 0.436 e. The van der Waals surface area contributed by atoms with Gasteiger partial charge in [0.2, 0.25) is 11.8 Å². The van der Waals surface area contributed by atoms with Gasteiger partial charge < -0.3 is 10.1 Å². The summed E-state index contributed by atoms with van der Waals surface area (Å²) in [5, 5.41) is 11.4. The van der Waals surface area contributed by atoms with E-state index in [0.29, 0.717) is 11.6 Å². The molecule has 0 fully saturated rings. The fraction of sp³-hybridized carbons (Fsp3) is 0.154. The minimum atomic E-state index is -0.610. The number of halogens is 1. The molecule has 0 radical (unpaired) electrons. The molecule has 6 heteroatoms. The third-order valence-corrected chi connectivity index (χ3v) is 2.33. The molecule has 19 heavy (non-hydrogen) atoms. The van der Waals surface area contributed by atoms with Gasteiger partial charge in [-0.25, -0.2) is 9.37 Å². The number of aryl methyl sites for hydroxylation is 1. The van der Waals surface area contributed by atoms with Crippen LogP contribution in [0, 0.1) is 24.1 Å². The number of rotatable bonds is 3. The molecule has 1 heterocycles.